The van der Waals surface area contributed by atoms with E-state index in [9.17, 15) is 9.59 Å². The molecule has 2 aromatic carbocycles. The van der Waals surface area contributed by atoms with Crippen LogP contribution in [0.3, 0.4) is 0 Å². The molecule has 0 N–H and O–H groups in total. The maximum absolute atomic E-state index is 12.3. The predicted octanol–water partition coefficient (Wildman–Crippen LogP) is 2.61. The van der Waals surface area contributed by atoms with Crippen LogP contribution < -0.4 is 9.80 Å². The number of para-hydroxylation sites is 1. The molecule has 1 amide bonds. The molecule has 0 bridgehead atoms. The van der Waals surface area contributed by atoms with Gasteiger partial charge in [-0.3, -0.25) is 19.4 Å². The van der Waals surface area contributed by atoms with Crippen LogP contribution in [0.15, 0.2) is 42.5 Å². The van der Waals surface area contributed by atoms with E-state index in [-0.39, 0.29) is 0 Å². The lowest BCUT2D eigenvalue weighted by Gasteiger charge is -2.38. The van der Waals surface area contributed by atoms with E-state index in [2.05, 4.69) is 41.8 Å². The Kier molecular flexibility index (Phi) is 4.24. The number of fused-ring (bicyclic) bond motifs is 1. The summed E-state index contributed by atoms with van der Waals surface area (Å²) in [5, 5.41) is 0. The minimum Gasteiger partial charge on any atom is -0.369 e. The normalized spacial score (nSPS) is 17.8. The number of hydrogen-bond donors (Lipinski definition) is 0. The first-order valence-corrected chi connectivity index (χ1v) is 9.05. The van der Waals surface area contributed by atoms with Crippen LogP contribution in [0.4, 0.5) is 11.4 Å². The highest BCUT2D eigenvalue weighted by Crippen LogP contribution is 2.29. The maximum atomic E-state index is 12.3. The van der Waals surface area contributed by atoms with Crippen molar-refractivity contribution in [1.82, 2.24) is 4.90 Å². The SMILES string of the molecule is Cc1cccc(N2CCN(CN3C(=O)C(=O)c4ccccc43)CC2)c1C. The molecule has 0 aliphatic carbocycles. The molecule has 0 unspecified atom stereocenters. The van der Waals surface area contributed by atoms with Crippen LogP contribution >= 0.6 is 0 Å². The molecule has 134 valence electrons. The third kappa shape index (κ3) is 2.78. The van der Waals surface area contributed by atoms with Crippen molar-refractivity contribution in [3.05, 3.63) is 59.2 Å². The summed E-state index contributed by atoms with van der Waals surface area (Å²) in [7, 11) is 0. The van der Waals surface area contributed by atoms with Crippen LogP contribution in [-0.2, 0) is 4.79 Å². The molecule has 5 nitrogen and oxygen atoms in total. The third-order valence-electron chi connectivity index (χ3n) is 5.51. The number of carbonyl (C=O) groups is 2. The second-order valence-corrected chi connectivity index (χ2v) is 7.04. The molecule has 5 heteroatoms. The average Bonchev–Trinajstić information content (AvgIpc) is 2.90. The van der Waals surface area contributed by atoms with E-state index in [0.29, 0.717) is 12.2 Å². The van der Waals surface area contributed by atoms with Crippen LogP contribution in [0.25, 0.3) is 0 Å². The highest BCUT2D eigenvalue weighted by molar-refractivity contribution is 6.52. The van der Waals surface area contributed by atoms with Crippen LogP contribution in [0.2, 0.25) is 0 Å². The molecular weight excluding hydrogens is 326 g/mol. The predicted molar refractivity (Wildman–Crippen MR) is 103 cm³/mol. The smallest absolute Gasteiger partial charge is 0.300 e. The van der Waals surface area contributed by atoms with Gasteiger partial charge >= 0.3 is 5.91 Å². The topological polar surface area (TPSA) is 43.9 Å². The lowest BCUT2D eigenvalue weighted by Crippen LogP contribution is -2.51. The Morgan fingerprint density at radius 1 is 0.846 bits per heavy atom. The molecule has 2 aliphatic rings. The number of aryl methyl sites for hydroxylation is 1. The van der Waals surface area contributed by atoms with Gasteiger partial charge in [0.15, 0.2) is 0 Å². The molecule has 0 radical (unpaired) electrons. The molecule has 2 aliphatic heterocycles. The van der Waals surface area contributed by atoms with Crippen LogP contribution in [-0.4, -0.2) is 49.4 Å². The number of benzene rings is 2. The monoisotopic (exact) mass is 349 g/mol. The standard InChI is InChI=1S/C21H23N3O2/c1-15-6-5-9-18(16(15)2)23-12-10-22(11-13-23)14-24-19-8-4-3-7-17(19)20(25)21(24)26/h3-9H,10-14H2,1-2H3. The molecule has 2 aromatic rings. The number of amides is 1. The van der Waals surface area contributed by atoms with Gasteiger partial charge in [0.05, 0.1) is 17.9 Å². The van der Waals surface area contributed by atoms with Crippen molar-refractivity contribution in [1.29, 1.82) is 0 Å². The number of Topliss-reactive ketones (excluding diaryl/α,β-unsaturated/α-hetero) is 1. The van der Waals surface area contributed by atoms with Gasteiger partial charge in [0, 0.05) is 31.9 Å². The number of hydrogen-bond acceptors (Lipinski definition) is 4. The van der Waals surface area contributed by atoms with Crippen molar-refractivity contribution >= 4 is 23.1 Å². The molecule has 2 heterocycles. The van der Waals surface area contributed by atoms with Crippen molar-refractivity contribution in [3.8, 4) is 0 Å². The van der Waals surface area contributed by atoms with Gasteiger partial charge < -0.3 is 4.90 Å². The Labute approximate surface area is 153 Å². The van der Waals surface area contributed by atoms with Crippen molar-refractivity contribution in [3.63, 3.8) is 0 Å². The molecule has 1 fully saturated rings. The Morgan fingerprint density at radius 3 is 2.31 bits per heavy atom. The fourth-order valence-electron chi connectivity index (χ4n) is 3.80. The average molecular weight is 349 g/mol. The van der Waals surface area contributed by atoms with Crippen LogP contribution in [0.5, 0.6) is 0 Å². The molecule has 0 aromatic heterocycles. The second kappa shape index (κ2) is 6.57. The molecule has 0 saturated carbocycles. The van der Waals surface area contributed by atoms with Gasteiger partial charge in [-0.15, -0.1) is 0 Å². The largest absolute Gasteiger partial charge is 0.369 e. The zero-order valence-electron chi connectivity index (χ0n) is 15.2. The summed E-state index contributed by atoms with van der Waals surface area (Å²) in [6.45, 7) is 8.36. The quantitative estimate of drug-likeness (QED) is 0.799. The minimum absolute atomic E-state index is 0.394. The highest BCUT2D eigenvalue weighted by atomic mass is 16.2. The first-order valence-electron chi connectivity index (χ1n) is 9.05. The number of carbonyl (C=O) groups excluding carboxylic acids is 2. The van der Waals surface area contributed by atoms with E-state index in [4.69, 9.17) is 0 Å². The zero-order valence-corrected chi connectivity index (χ0v) is 15.2. The summed E-state index contributed by atoms with van der Waals surface area (Å²) in [4.78, 5) is 30.7. The van der Waals surface area contributed by atoms with E-state index in [1.165, 1.54) is 16.8 Å². The van der Waals surface area contributed by atoms with Crippen molar-refractivity contribution < 1.29 is 9.59 Å². The molecule has 1 saturated heterocycles. The first kappa shape index (κ1) is 16.8. The number of rotatable bonds is 3. The fraction of sp³-hybridized carbons (Fsp3) is 0.333. The number of ketones is 1. The highest BCUT2D eigenvalue weighted by Gasteiger charge is 2.36. The summed E-state index contributed by atoms with van der Waals surface area (Å²) >= 11 is 0. The van der Waals surface area contributed by atoms with Crippen molar-refractivity contribution in [2.75, 3.05) is 42.6 Å². The summed E-state index contributed by atoms with van der Waals surface area (Å²) in [5.74, 6) is -0.808. The van der Waals surface area contributed by atoms with E-state index in [1.54, 1.807) is 17.0 Å². The fourth-order valence-corrected chi connectivity index (χ4v) is 3.80. The van der Waals surface area contributed by atoms with Gasteiger partial charge in [-0.1, -0.05) is 24.3 Å². The lowest BCUT2D eigenvalue weighted by molar-refractivity contribution is -0.114. The molecule has 0 spiro atoms. The zero-order chi connectivity index (χ0) is 18.3. The number of nitrogens with zero attached hydrogens (tertiary/aromatic N) is 3. The molecule has 0 atom stereocenters. The van der Waals surface area contributed by atoms with Gasteiger partial charge in [-0.25, -0.2) is 0 Å². The van der Waals surface area contributed by atoms with Gasteiger partial charge in [-0.05, 0) is 43.2 Å². The molecule has 26 heavy (non-hydrogen) atoms. The Hall–Kier alpha value is -2.66. The molecular formula is C21H23N3O2. The van der Waals surface area contributed by atoms with Gasteiger partial charge in [0.25, 0.3) is 5.78 Å². The Bertz CT molecular complexity index is 869. The molecule has 4 rings (SSSR count). The Balaban J connectivity index is 1.44. The summed E-state index contributed by atoms with van der Waals surface area (Å²) in [6.07, 6.45) is 0. The summed E-state index contributed by atoms with van der Waals surface area (Å²) < 4.78 is 0. The van der Waals surface area contributed by atoms with Gasteiger partial charge in [0.1, 0.15) is 0 Å². The lowest BCUT2D eigenvalue weighted by atomic mass is 10.1. The number of anilines is 2. The third-order valence-corrected chi connectivity index (χ3v) is 5.51. The van der Waals surface area contributed by atoms with Crippen molar-refractivity contribution in [2.24, 2.45) is 0 Å². The van der Waals surface area contributed by atoms with E-state index in [0.717, 1.165) is 31.9 Å². The first-order chi connectivity index (χ1) is 12.6. The Morgan fingerprint density at radius 2 is 1.54 bits per heavy atom. The van der Waals surface area contributed by atoms with Crippen LogP contribution in [0, 0.1) is 13.8 Å². The number of piperazine rings is 1. The van der Waals surface area contributed by atoms with E-state index >= 15 is 0 Å². The van der Waals surface area contributed by atoms with Gasteiger partial charge in [0.2, 0.25) is 0 Å². The van der Waals surface area contributed by atoms with E-state index in [1.807, 2.05) is 12.1 Å². The maximum Gasteiger partial charge on any atom is 0.300 e. The van der Waals surface area contributed by atoms with Crippen molar-refractivity contribution in [2.45, 2.75) is 13.8 Å². The van der Waals surface area contributed by atoms with E-state index < -0.39 is 11.7 Å². The minimum atomic E-state index is -0.414. The summed E-state index contributed by atoms with van der Waals surface area (Å²) in [6, 6.07) is 13.7. The summed E-state index contributed by atoms with van der Waals surface area (Å²) in [5.41, 5.74) is 5.19. The second-order valence-electron chi connectivity index (χ2n) is 7.04. The van der Waals surface area contributed by atoms with Crippen LogP contribution in [0.1, 0.15) is 21.5 Å². The van der Waals surface area contributed by atoms with Gasteiger partial charge in [-0.2, -0.15) is 0 Å².